The molecule has 0 aromatic rings. The summed E-state index contributed by atoms with van der Waals surface area (Å²) in [6, 6.07) is 0. The van der Waals surface area contributed by atoms with Gasteiger partial charge in [0.25, 0.3) is 0 Å². The number of allylic oxidation sites excluding steroid dienone is 1. The second-order valence-electron chi connectivity index (χ2n) is 4.89. The van der Waals surface area contributed by atoms with Gasteiger partial charge in [0.15, 0.2) is 0 Å². The summed E-state index contributed by atoms with van der Waals surface area (Å²) < 4.78 is 0. The van der Waals surface area contributed by atoms with Gasteiger partial charge in [0.1, 0.15) is 0 Å². The van der Waals surface area contributed by atoms with Crippen LogP contribution in [0.5, 0.6) is 0 Å². The van der Waals surface area contributed by atoms with Crippen LogP contribution >= 0.6 is 0 Å². The number of hydrogen-bond acceptors (Lipinski definition) is 1. The first kappa shape index (κ1) is 10.2. The Kier molecular flexibility index (Phi) is 3.63. The Bertz CT molecular complexity index is 199. The highest BCUT2D eigenvalue weighted by Crippen LogP contribution is 2.33. The highest BCUT2D eigenvalue weighted by atomic mass is 16.3. The van der Waals surface area contributed by atoms with Gasteiger partial charge in [0.2, 0.25) is 0 Å². The molecule has 0 aromatic heterocycles. The monoisotopic (exact) mass is 194 g/mol. The lowest BCUT2D eigenvalue weighted by Gasteiger charge is -2.24. The van der Waals surface area contributed by atoms with Crippen molar-refractivity contribution in [1.82, 2.24) is 0 Å². The number of aliphatic hydroxyl groups is 1. The maximum atomic E-state index is 9.60. The van der Waals surface area contributed by atoms with E-state index < -0.39 is 0 Å². The molecule has 1 nitrogen and oxygen atoms in total. The Morgan fingerprint density at radius 1 is 0.929 bits per heavy atom. The molecular weight excluding hydrogens is 172 g/mol. The molecule has 1 fully saturated rings. The molecule has 2 aliphatic rings. The maximum Gasteiger partial charge on any atom is 0.0723 e. The van der Waals surface area contributed by atoms with E-state index in [0.29, 0.717) is 0 Å². The quantitative estimate of drug-likeness (QED) is 0.501. The van der Waals surface area contributed by atoms with Crippen LogP contribution in [-0.4, -0.2) is 11.2 Å². The van der Waals surface area contributed by atoms with Crippen molar-refractivity contribution >= 4 is 0 Å². The van der Waals surface area contributed by atoms with Gasteiger partial charge < -0.3 is 5.11 Å². The van der Waals surface area contributed by atoms with E-state index in [-0.39, 0.29) is 6.10 Å². The summed E-state index contributed by atoms with van der Waals surface area (Å²) >= 11 is 0. The molecule has 0 saturated heterocycles. The normalized spacial score (nSPS) is 30.9. The average Bonchev–Trinajstić information content (AvgIpc) is 2.45. The molecule has 80 valence electrons. The first-order valence-electron chi connectivity index (χ1n) is 6.25. The van der Waals surface area contributed by atoms with Crippen molar-refractivity contribution in [1.29, 1.82) is 0 Å². The van der Waals surface area contributed by atoms with Crippen LogP contribution < -0.4 is 0 Å². The van der Waals surface area contributed by atoms with E-state index in [4.69, 9.17) is 0 Å². The highest BCUT2D eigenvalue weighted by molar-refractivity contribution is 5.12. The van der Waals surface area contributed by atoms with Gasteiger partial charge in [-0.3, -0.25) is 0 Å². The van der Waals surface area contributed by atoms with Crippen molar-refractivity contribution in [2.24, 2.45) is 5.92 Å². The van der Waals surface area contributed by atoms with Gasteiger partial charge in [-0.15, -0.1) is 0 Å². The molecule has 1 heteroatoms. The molecule has 2 aliphatic carbocycles. The summed E-state index contributed by atoms with van der Waals surface area (Å²) in [5.74, 6) is 0.812. The van der Waals surface area contributed by atoms with E-state index >= 15 is 0 Å². The van der Waals surface area contributed by atoms with Crippen LogP contribution in [0.1, 0.15) is 57.8 Å². The molecule has 0 aromatic carbocycles. The van der Waals surface area contributed by atoms with Crippen molar-refractivity contribution in [3.63, 3.8) is 0 Å². The standard InChI is InChI=1S/C13H22O/c14-13-9-5-8-12(10-13)11-6-3-1-2-4-7-11/h10-11,13-14H,1-9H2. The molecular formula is C13H22O. The topological polar surface area (TPSA) is 20.2 Å². The fourth-order valence-corrected chi connectivity index (χ4v) is 2.92. The molecule has 1 atom stereocenters. The van der Waals surface area contributed by atoms with Crippen molar-refractivity contribution in [2.75, 3.05) is 0 Å². The summed E-state index contributed by atoms with van der Waals surface area (Å²) in [6.45, 7) is 0. The number of rotatable bonds is 1. The minimum Gasteiger partial charge on any atom is -0.389 e. The predicted molar refractivity (Wildman–Crippen MR) is 59.1 cm³/mol. The number of hydrogen-bond donors (Lipinski definition) is 1. The van der Waals surface area contributed by atoms with Gasteiger partial charge in [-0.2, -0.15) is 0 Å². The SMILES string of the molecule is OC1C=C(C2CCCCCC2)CCC1. The Labute approximate surface area is 87.2 Å². The fourth-order valence-electron chi connectivity index (χ4n) is 2.92. The summed E-state index contributed by atoms with van der Waals surface area (Å²) in [5.41, 5.74) is 1.57. The van der Waals surface area contributed by atoms with Gasteiger partial charge in [-0.05, 0) is 38.0 Å². The lowest BCUT2D eigenvalue weighted by molar-refractivity contribution is 0.199. The summed E-state index contributed by atoms with van der Waals surface area (Å²) in [7, 11) is 0. The van der Waals surface area contributed by atoms with Gasteiger partial charge in [-0.25, -0.2) is 0 Å². The van der Waals surface area contributed by atoms with Crippen molar-refractivity contribution < 1.29 is 5.11 Å². The number of aliphatic hydroxyl groups excluding tert-OH is 1. The Morgan fingerprint density at radius 3 is 2.29 bits per heavy atom. The molecule has 0 spiro atoms. The molecule has 0 radical (unpaired) electrons. The van der Waals surface area contributed by atoms with E-state index in [1.54, 1.807) is 5.57 Å². The molecule has 1 unspecified atom stereocenters. The molecule has 0 amide bonds. The predicted octanol–water partition coefficient (Wildman–Crippen LogP) is 3.43. The first-order valence-corrected chi connectivity index (χ1v) is 6.25. The average molecular weight is 194 g/mol. The third-order valence-electron chi connectivity index (χ3n) is 3.75. The second-order valence-corrected chi connectivity index (χ2v) is 4.89. The molecule has 1 N–H and O–H groups in total. The molecule has 2 rings (SSSR count). The molecule has 0 aliphatic heterocycles. The minimum absolute atomic E-state index is 0.137. The molecule has 14 heavy (non-hydrogen) atoms. The summed E-state index contributed by atoms with van der Waals surface area (Å²) in [6.07, 6.45) is 13.8. The van der Waals surface area contributed by atoms with Gasteiger partial charge in [0, 0.05) is 0 Å². The third kappa shape index (κ3) is 2.60. The van der Waals surface area contributed by atoms with E-state index in [1.807, 2.05) is 0 Å². The first-order chi connectivity index (χ1) is 6.86. The van der Waals surface area contributed by atoms with Crippen LogP contribution in [0, 0.1) is 5.92 Å². The largest absolute Gasteiger partial charge is 0.389 e. The Balaban J connectivity index is 1.97. The zero-order chi connectivity index (χ0) is 9.80. The van der Waals surface area contributed by atoms with Gasteiger partial charge >= 0.3 is 0 Å². The van der Waals surface area contributed by atoms with E-state index in [9.17, 15) is 5.11 Å². The maximum absolute atomic E-state index is 9.60. The van der Waals surface area contributed by atoms with Gasteiger partial charge in [-0.1, -0.05) is 37.3 Å². The van der Waals surface area contributed by atoms with Crippen LogP contribution in [0.25, 0.3) is 0 Å². The van der Waals surface area contributed by atoms with Crippen LogP contribution in [0.3, 0.4) is 0 Å². The highest BCUT2D eigenvalue weighted by Gasteiger charge is 2.20. The Hall–Kier alpha value is -0.300. The smallest absolute Gasteiger partial charge is 0.0723 e. The third-order valence-corrected chi connectivity index (χ3v) is 3.75. The lowest BCUT2D eigenvalue weighted by Crippen LogP contribution is -2.14. The Morgan fingerprint density at radius 2 is 1.64 bits per heavy atom. The van der Waals surface area contributed by atoms with E-state index in [1.165, 1.54) is 51.4 Å². The van der Waals surface area contributed by atoms with Crippen molar-refractivity contribution in [3.05, 3.63) is 11.6 Å². The molecule has 1 saturated carbocycles. The lowest BCUT2D eigenvalue weighted by atomic mass is 9.84. The van der Waals surface area contributed by atoms with Crippen molar-refractivity contribution in [2.45, 2.75) is 63.9 Å². The summed E-state index contributed by atoms with van der Waals surface area (Å²) in [4.78, 5) is 0. The van der Waals surface area contributed by atoms with Crippen LogP contribution in [0.4, 0.5) is 0 Å². The second kappa shape index (κ2) is 4.97. The molecule has 0 bridgehead atoms. The van der Waals surface area contributed by atoms with Crippen LogP contribution in [-0.2, 0) is 0 Å². The van der Waals surface area contributed by atoms with E-state index in [2.05, 4.69) is 6.08 Å². The summed E-state index contributed by atoms with van der Waals surface area (Å²) in [5, 5.41) is 9.60. The minimum atomic E-state index is -0.137. The van der Waals surface area contributed by atoms with Gasteiger partial charge in [0.05, 0.1) is 6.10 Å². The molecule has 0 heterocycles. The zero-order valence-electron chi connectivity index (χ0n) is 9.04. The fraction of sp³-hybridized carbons (Fsp3) is 0.846. The van der Waals surface area contributed by atoms with Crippen LogP contribution in [0.15, 0.2) is 11.6 Å². The van der Waals surface area contributed by atoms with Crippen LogP contribution in [0.2, 0.25) is 0 Å². The van der Waals surface area contributed by atoms with Crippen molar-refractivity contribution in [3.8, 4) is 0 Å². The zero-order valence-corrected chi connectivity index (χ0v) is 9.04. The van der Waals surface area contributed by atoms with E-state index in [0.717, 1.165) is 12.3 Å².